The molecule has 3 heterocycles. The van der Waals surface area contributed by atoms with Gasteiger partial charge in [-0.2, -0.15) is 0 Å². The number of aliphatic hydroxyl groups excluding tert-OH is 11. The van der Waals surface area contributed by atoms with Crippen LogP contribution in [0.5, 0.6) is 0 Å². The van der Waals surface area contributed by atoms with Gasteiger partial charge in [0.15, 0.2) is 18.9 Å². The summed E-state index contributed by atoms with van der Waals surface area (Å²) in [5.74, 6) is -0.292. The van der Waals surface area contributed by atoms with Gasteiger partial charge in [-0.25, -0.2) is 0 Å². The van der Waals surface area contributed by atoms with Crippen LogP contribution in [0.15, 0.2) is 85.1 Å². The number of rotatable bonds is 65. The normalized spacial score (nSPS) is 26.5. The number of amides is 1. The minimum absolute atomic E-state index is 0.224. The standard InChI is InChI=1S/C84H149NO18/c1-3-5-7-9-11-13-15-17-19-21-23-25-27-29-30-31-32-33-34-35-36-38-39-41-43-45-47-49-51-53-55-57-59-61-68(89)67(85-72(90)62-60-58-56-54-52-50-48-46-44-42-40-37-28-26-24-22-20-18-16-14-12-10-8-6-4-2)66-98-82-78(96)75(93)80(70(64-87)100-82)103-84-79(97)76(94)81(71(65-88)101-84)102-83-77(95)74(92)73(91)69(63-86)99-83/h6,8,12,14,18,20,24,26,37,40,51,53,59,61,67-71,73-84,86-89,91-97H,3-5,7,9-11,13,15-17,19,21-23,25,27-36,38-39,41-50,52,54-58,60,62-66H2,1-2H3,(H,85,90)/b8-6-,14-12-,20-18-,26-24-,40-37-,53-51+,61-59+. The minimum Gasteiger partial charge on any atom is -0.394 e. The van der Waals surface area contributed by atoms with E-state index in [4.69, 9.17) is 28.4 Å². The summed E-state index contributed by atoms with van der Waals surface area (Å²) in [5.41, 5.74) is 0. The average Bonchev–Trinajstić information content (AvgIpc) is 0.781. The lowest BCUT2D eigenvalue weighted by Crippen LogP contribution is -2.66. The lowest BCUT2D eigenvalue weighted by atomic mass is 9.96. The highest BCUT2D eigenvalue weighted by Crippen LogP contribution is 2.33. The Labute approximate surface area is 622 Å². The molecule has 17 unspecified atom stereocenters. The number of carbonyl (C=O) groups excluding carboxylic acids is 1. The van der Waals surface area contributed by atoms with Gasteiger partial charge in [0.2, 0.25) is 5.91 Å². The molecule has 12 N–H and O–H groups in total. The largest absolute Gasteiger partial charge is 0.394 e. The van der Waals surface area contributed by atoms with Crippen LogP contribution < -0.4 is 5.32 Å². The van der Waals surface area contributed by atoms with Gasteiger partial charge in [-0.05, 0) is 77.0 Å². The highest BCUT2D eigenvalue weighted by Gasteiger charge is 2.54. The molecule has 0 aliphatic carbocycles. The first-order valence-corrected chi connectivity index (χ1v) is 41.3. The summed E-state index contributed by atoms with van der Waals surface area (Å²) in [6, 6.07) is -1.00. The fourth-order valence-electron chi connectivity index (χ4n) is 13.6. The first-order valence-electron chi connectivity index (χ1n) is 41.3. The van der Waals surface area contributed by atoms with E-state index >= 15 is 0 Å². The van der Waals surface area contributed by atoms with Gasteiger partial charge in [0, 0.05) is 6.42 Å². The molecule has 1 amide bonds. The Morgan fingerprint density at radius 1 is 0.359 bits per heavy atom. The molecule has 19 nitrogen and oxygen atoms in total. The summed E-state index contributed by atoms with van der Waals surface area (Å²) in [4.78, 5) is 13.5. The van der Waals surface area contributed by atoms with E-state index in [1.165, 1.54) is 193 Å². The van der Waals surface area contributed by atoms with Gasteiger partial charge in [0.1, 0.15) is 73.2 Å². The van der Waals surface area contributed by atoms with E-state index in [9.17, 15) is 61.0 Å². The van der Waals surface area contributed by atoms with Crippen LogP contribution in [0.25, 0.3) is 0 Å². The first kappa shape index (κ1) is 94.2. The number of hydrogen-bond acceptors (Lipinski definition) is 18. The molecule has 3 aliphatic heterocycles. The van der Waals surface area contributed by atoms with E-state index in [2.05, 4.69) is 92.1 Å². The Hall–Kier alpha value is -3.03. The summed E-state index contributed by atoms with van der Waals surface area (Å²) >= 11 is 0. The SMILES string of the molecule is CC/C=C\C/C=C\C/C=C\C/C=C\C/C=C\CCCCCCCCCCCC(=O)NC(COC1OC(CO)C(OC2OC(CO)C(OC3OC(CO)C(O)C(O)C3O)C(O)C2O)C(O)C1O)C(O)/C=C/CC/C=C/CCCCCCCCCCCCCCCCCCCCCCCCCCCCC. The summed E-state index contributed by atoms with van der Waals surface area (Å²) < 4.78 is 34.4. The van der Waals surface area contributed by atoms with E-state index in [0.717, 1.165) is 83.5 Å². The molecule has 0 spiro atoms. The van der Waals surface area contributed by atoms with Crippen molar-refractivity contribution < 1.29 is 89.4 Å². The van der Waals surface area contributed by atoms with Crippen molar-refractivity contribution in [2.45, 2.75) is 413 Å². The summed E-state index contributed by atoms with van der Waals surface area (Å²) in [6.45, 7) is 1.63. The van der Waals surface area contributed by atoms with Crippen LogP contribution >= 0.6 is 0 Å². The van der Waals surface area contributed by atoms with E-state index in [1.54, 1.807) is 6.08 Å². The highest BCUT2D eigenvalue weighted by molar-refractivity contribution is 5.76. The molecule has 0 bridgehead atoms. The number of ether oxygens (including phenoxy) is 6. The Kier molecular flexibility index (Phi) is 58.4. The van der Waals surface area contributed by atoms with Crippen LogP contribution in [-0.2, 0) is 33.2 Å². The fraction of sp³-hybridized carbons (Fsp3) is 0.821. The summed E-state index contributed by atoms with van der Waals surface area (Å²) in [5, 5.41) is 121. The molecule has 3 saturated heterocycles. The third kappa shape index (κ3) is 43.7. The maximum atomic E-state index is 13.5. The predicted molar refractivity (Wildman–Crippen MR) is 411 cm³/mol. The van der Waals surface area contributed by atoms with Crippen molar-refractivity contribution in [2.75, 3.05) is 26.4 Å². The van der Waals surface area contributed by atoms with Crippen molar-refractivity contribution in [2.24, 2.45) is 0 Å². The van der Waals surface area contributed by atoms with E-state index in [-0.39, 0.29) is 18.9 Å². The Bertz CT molecular complexity index is 2190. The monoisotopic (exact) mass is 1460 g/mol. The molecular weight excluding hydrogens is 1310 g/mol. The number of unbranched alkanes of at least 4 members (excludes halogenated alkanes) is 37. The quantitative estimate of drug-likeness (QED) is 0.0199. The molecule has 0 radical (unpaired) electrons. The third-order valence-corrected chi connectivity index (χ3v) is 20.2. The molecule has 103 heavy (non-hydrogen) atoms. The maximum absolute atomic E-state index is 13.5. The van der Waals surface area contributed by atoms with Crippen molar-refractivity contribution in [3.05, 3.63) is 85.1 Å². The molecule has 19 heteroatoms. The smallest absolute Gasteiger partial charge is 0.220 e. The summed E-state index contributed by atoms with van der Waals surface area (Å²) in [7, 11) is 0. The molecule has 0 aromatic carbocycles. The molecule has 0 aromatic rings. The van der Waals surface area contributed by atoms with Gasteiger partial charge in [-0.1, -0.05) is 311 Å². The van der Waals surface area contributed by atoms with E-state index in [1.807, 2.05) is 6.08 Å². The molecule has 0 aromatic heterocycles. The van der Waals surface area contributed by atoms with Crippen LogP contribution in [0.1, 0.15) is 309 Å². The average molecular weight is 1460 g/mol. The molecule has 17 atom stereocenters. The van der Waals surface area contributed by atoms with E-state index < -0.39 is 124 Å². The van der Waals surface area contributed by atoms with Crippen LogP contribution in [0, 0.1) is 0 Å². The number of aliphatic hydroxyl groups is 11. The lowest BCUT2D eigenvalue weighted by molar-refractivity contribution is -0.379. The summed E-state index contributed by atoms with van der Waals surface area (Å²) in [6.07, 6.45) is 58.7. The van der Waals surface area contributed by atoms with Crippen molar-refractivity contribution in [1.29, 1.82) is 0 Å². The van der Waals surface area contributed by atoms with Crippen LogP contribution in [0.3, 0.4) is 0 Å². The molecular formula is C84H149NO18. The number of nitrogens with one attached hydrogen (secondary N) is 1. The van der Waals surface area contributed by atoms with E-state index in [0.29, 0.717) is 12.8 Å². The Balaban J connectivity index is 1.38. The zero-order valence-corrected chi connectivity index (χ0v) is 64.0. The highest BCUT2D eigenvalue weighted by atomic mass is 16.8. The van der Waals surface area contributed by atoms with Crippen LogP contribution in [0.2, 0.25) is 0 Å². The van der Waals surface area contributed by atoms with Crippen molar-refractivity contribution in [3.63, 3.8) is 0 Å². The second-order valence-electron chi connectivity index (χ2n) is 29.2. The third-order valence-electron chi connectivity index (χ3n) is 20.2. The van der Waals surface area contributed by atoms with Gasteiger partial charge < -0.3 is 89.9 Å². The van der Waals surface area contributed by atoms with Crippen LogP contribution in [-0.4, -0.2) is 193 Å². The topological polar surface area (TPSA) is 307 Å². The predicted octanol–water partition coefficient (Wildman–Crippen LogP) is 14.2. The Morgan fingerprint density at radius 2 is 0.680 bits per heavy atom. The number of allylic oxidation sites excluding steroid dienone is 13. The zero-order chi connectivity index (χ0) is 74.6. The zero-order valence-electron chi connectivity index (χ0n) is 64.0. The van der Waals surface area contributed by atoms with Crippen molar-refractivity contribution >= 4 is 5.91 Å². The number of carbonyl (C=O) groups is 1. The first-order chi connectivity index (χ1) is 50.3. The second kappa shape index (κ2) is 63.9. The van der Waals surface area contributed by atoms with Crippen molar-refractivity contribution in [3.8, 4) is 0 Å². The van der Waals surface area contributed by atoms with Crippen LogP contribution in [0.4, 0.5) is 0 Å². The Morgan fingerprint density at radius 3 is 1.09 bits per heavy atom. The van der Waals surface area contributed by atoms with Gasteiger partial charge in [-0.3, -0.25) is 4.79 Å². The minimum atomic E-state index is -1.99. The lowest BCUT2D eigenvalue weighted by Gasteiger charge is -2.48. The molecule has 3 aliphatic rings. The number of hydrogen-bond donors (Lipinski definition) is 12. The van der Waals surface area contributed by atoms with Gasteiger partial charge in [0.25, 0.3) is 0 Å². The second-order valence-corrected chi connectivity index (χ2v) is 29.2. The fourth-order valence-corrected chi connectivity index (χ4v) is 13.6. The van der Waals surface area contributed by atoms with Gasteiger partial charge in [0.05, 0.1) is 38.6 Å². The molecule has 3 fully saturated rings. The molecule has 0 saturated carbocycles. The van der Waals surface area contributed by atoms with Crippen molar-refractivity contribution in [1.82, 2.24) is 5.32 Å². The molecule has 598 valence electrons. The van der Waals surface area contributed by atoms with Gasteiger partial charge in [-0.15, -0.1) is 0 Å². The maximum Gasteiger partial charge on any atom is 0.220 e. The van der Waals surface area contributed by atoms with Gasteiger partial charge >= 0.3 is 0 Å². The molecule has 3 rings (SSSR count).